The Morgan fingerprint density at radius 1 is 1.53 bits per heavy atom. The Balaban J connectivity index is 2.00. The van der Waals surface area contributed by atoms with Gasteiger partial charge in [0.15, 0.2) is 0 Å². The number of likely N-dealkylation sites (N-methyl/N-ethyl adjacent to an activating group) is 1. The molecule has 0 saturated carbocycles. The van der Waals surface area contributed by atoms with Crippen molar-refractivity contribution in [2.24, 2.45) is 0 Å². The van der Waals surface area contributed by atoms with Gasteiger partial charge in [0.25, 0.3) is 0 Å². The highest BCUT2D eigenvalue weighted by atomic mass is 16.5. The summed E-state index contributed by atoms with van der Waals surface area (Å²) in [5.74, 6) is 0. The summed E-state index contributed by atoms with van der Waals surface area (Å²) in [6.07, 6.45) is 6.54. The fourth-order valence-electron chi connectivity index (χ4n) is 2.41. The molecular formula is C15H25N3O. The van der Waals surface area contributed by atoms with Crippen LogP contribution in [0.25, 0.3) is 0 Å². The number of aromatic nitrogens is 1. The number of ether oxygens (including phenoxy) is 1. The number of nitrogens with zero attached hydrogens (tertiary/aromatic N) is 2. The van der Waals surface area contributed by atoms with Crippen LogP contribution in [0.2, 0.25) is 0 Å². The average Bonchev–Trinajstić information content (AvgIpc) is 2.89. The molecule has 1 aliphatic rings. The predicted molar refractivity (Wildman–Crippen MR) is 78.5 cm³/mol. The van der Waals surface area contributed by atoms with E-state index in [1.165, 1.54) is 24.1 Å². The van der Waals surface area contributed by atoms with Gasteiger partial charge in [0.05, 0.1) is 18.0 Å². The third-order valence-electron chi connectivity index (χ3n) is 3.50. The van der Waals surface area contributed by atoms with Gasteiger partial charge in [-0.3, -0.25) is 4.98 Å². The van der Waals surface area contributed by atoms with E-state index >= 15 is 0 Å². The molecule has 2 rings (SSSR count). The zero-order chi connectivity index (χ0) is 13.7. The van der Waals surface area contributed by atoms with Gasteiger partial charge in [-0.25, -0.2) is 0 Å². The minimum absolute atomic E-state index is 0.371. The molecule has 106 valence electrons. The molecule has 2 heterocycles. The summed E-state index contributed by atoms with van der Waals surface area (Å²) in [5.41, 5.74) is 2.50. The zero-order valence-corrected chi connectivity index (χ0v) is 12.2. The summed E-state index contributed by atoms with van der Waals surface area (Å²) >= 11 is 0. The lowest BCUT2D eigenvalue weighted by molar-refractivity contribution is 0.116. The summed E-state index contributed by atoms with van der Waals surface area (Å²) in [5, 5.41) is 3.46. The molecule has 1 aliphatic heterocycles. The van der Waals surface area contributed by atoms with Crippen LogP contribution in [-0.2, 0) is 11.3 Å². The molecule has 1 unspecified atom stereocenters. The molecule has 0 aliphatic carbocycles. The van der Waals surface area contributed by atoms with E-state index in [0.29, 0.717) is 12.1 Å². The predicted octanol–water partition coefficient (Wildman–Crippen LogP) is 2.19. The molecule has 1 fully saturated rings. The maximum absolute atomic E-state index is 5.71. The van der Waals surface area contributed by atoms with E-state index in [4.69, 9.17) is 4.74 Å². The van der Waals surface area contributed by atoms with E-state index in [2.05, 4.69) is 42.2 Å². The van der Waals surface area contributed by atoms with Gasteiger partial charge in [-0.2, -0.15) is 0 Å². The molecule has 0 spiro atoms. The fraction of sp³-hybridized carbons (Fsp3) is 0.667. The first-order valence-corrected chi connectivity index (χ1v) is 7.16. The smallest absolute Gasteiger partial charge is 0.0750 e. The Labute approximate surface area is 116 Å². The van der Waals surface area contributed by atoms with Crippen LogP contribution in [-0.4, -0.2) is 37.3 Å². The maximum atomic E-state index is 5.71. The summed E-state index contributed by atoms with van der Waals surface area (Å²) < 4.78 is 5.71. The number of pyridine rings is 1. The number of hydrogen-bond acceptors (Lipinski definition) is 4. The molecule has 0 amide bonds. The van der Waals surface area contributed by atoms with Crippen molar-refractivity contribution in [1.82, 2.24) is 10.3 Å². The Hall–Kier alpha value is -1.13. The first-order chi connectivity index (χ1) is 9.16. The Morgan fingerprint density at radius 2 is 2.37 bits per heavy atom. The van der Waals surface area contributed by atoms with Crippen LogP contribution < -0.4 is 10.2 Å². The van der Waals surface area contributed by atoms with Crippen molar-refractivity contribution in [2.75, 3.05) is 25.1 Å². The van der Waals surface area contributed by atoms with Gasteiger partial charge in [-0.15, -0.1) is 0 Å². The monoisotopic (exact) mass is 263 g/mol. The highest BCUT2D eigenvalue weighted by Crippen LogP contribution is 2.21. The normalized spacial score (nSPS) is 19.1. The average molecular weight is 263 g/mol. The van der Waals surface area contributed by atoms with Gasteiger partial charge in [0.2, 0.25) is 0 Å². The second kappa shape index (κ2) is 6.87. The van der Waals surface area contributed by atoms with Gasteiger partial charge in [0.1, 0.15) is 0 Å². The summed E-state index contributed by atoms with van der Waals surface area (Å²) in [6.45, 7) is 7.06. The van der Waals surface area contributed by atoms with E-state index in [1.54, 1.807) is 0 Å². The second-order valence-electron chi connectivity index (χ2n) is 5.56. The van der Waals surface area contributed by atoms with E-state index in [9.17, 15) is 0 Å². The SMILES string of the molecule is CC(C)NCc1ccncc1N(C)CC1CCCO1. The fourth-order valence-corrected chi connectivity index (χ4v) is 2.41. The van der Waals surface area contributed by atoms with E-state index in [0.717, 1.165) is 19.7 Å². The van der Waals surface area contributed by atoms with E-state index < -0.39 is 0 Å². The molecule has 1 aromatic heterocycles. The molecule has 1 atom stereocenters. The standard InChI is InChI=1S/C15H25N3O/c1-12(2)17-9-13-6-7-16-10-15(13)18(3)11-14-5-4-8-19-14/h6-7,10,12,14,17H,4-5,8-9,11H2,1-3H3. The van der Waals surface area contributed by atoms with Crippen molar-refractivity contribution in [1.29, 1.82) is 0 Å². The van der Waals surface area contributed by atoms with Crippen molar-refractivity contribution in [3.8, 4) is 0 Å². The van der Waals surface area contributed by atoms with Crippen LogP contribution in [0.4, 0.5) is 5.69 Å². The summed E-state index contributed by atoms with van der Waals surface area (Å²) in [6, 6.07) is 2.58. The number of hydrogen-bond donors (Lipinski definition) is 1. The van der Waals surface area contributed by atoms with E-state index in [-0.39, 0.29) is 0 Å². The van der Waals surface area contributed by atoms with Crippen LogP contribution >= 0.6 is 0 Å². The van der Waals surface area contributed by atoms with Gasteiger partial charge in [-0.1, -0.05) is 13.8 Å². The highest BCUT2D eigenvalue weighted by Gasteiger charge is 2.18. The molecular weight excluding hydrogens is 238 g/mol. The Morgan fingerprint density at radius 3 is 3.05 bits per heavy atom. The van der Waals surface area contributed by atoms with E-state index in [1.807, 2.05) is 12.4 Å². The topological polar surface area (TPSA) is 37.4 Å². The van der Waals surface area contributed by atoms with Crippen LogP contribution in [0.1, 0.15) is 32.3 Å². The molecule has 0 aromatic carbocycles. The zero-order valence-electron chi connectivity index (χ0n) is 12.2. The molecule has 1 saturated heterocycles. The Bertz CT molecular complexity index is 389. The van der Waals surface area contributed by atoms with Crippen molar-refractivity contribution in [2.45, 2.75) is 45.4 Å². The van der Waals surface area contributed by atoms with Gasteiger partial charge in [-0.05, 0) is 24.5 Å². The summed E-state index contributed by atoms with van der Waals surface area (Å²) in [4.78, 5) is 6.52. The molecule has 0 radical (unpaired) electrons. The highest BCUT2D eigenvalue weighted by molar-refractivity contribution is 5.51. The van der Waals surface area contributed by atoms with Crippen LogP contribution in [0.5, 0.6) is 0 Å². The number of rotatable bonds is 6. The second-order valence-corrected chi connectivity index (χ2v) is 5.56. The first kappa shape index (κ1) is 14.3. The molecule has 1 aromatic rings. The van der Waals surface area contributed by atoms with Crippen molar-refractivity contribution < 1.29 is 4.74 Å². The number of nitrogens with one attached hydrogen (secondary N) is 1. The van der Waals surface area contributed by atoms with Gasteiger partial charge in [0, 0.05) is 39.0 Å². The maximum Gasteiger partial charge on any atom is 0.0750 e. The lowest BCUT2D eigenvalue weighted by Gasteiger charge is -2.25. The molecule has 4 nitrogen and oxygen atoms in total. The third-order valence-corrected chi connectivity index (χ3v) is 3.50. The van der Waals surface area contributed by atoms with Crippen LogP contribution in [0, 0.1) is 0 Å². The van der Waals surface area contributed by atoms with Crippen molar-refractivity contribution >= 4 is 5.69 Å². The van der Waals surface area contributed by atoms with Crippen molar-refractivity contribution in [3.05, 3.63) is 24.0 Å². The minimum Gasteiger partial charge on any atom is -0.376 e. The molecule has 0 bridgehead atoms. The minimum atomic E-state index is 0.371. The van der Waals surface area contributed by atoms with Crippen molar-refractivity contribution in [3.63, 3.8) is 0 Å². The van der Waals surface area contributed by atoms with Gasteiger partial charge >= 0.3 is 0 Å². The lowest BCUT2D eigenvalue weighted by Crippen LogP contribution is -2.30. The quantitative estimate of drug-likeness (QED) is 0.854. The summed E-state index contributed by atoms with van der Waals surface area (Å²) in [7, 11) is 2.12. The largest absolute Gasteiger partial charge is 0.376 e. The lowest BCUT2D eigenvalue weighted by atomic mass is 10.1. The van der Waals surface area contributed by atoms with Crippen LogP contribution in [0.3, 0.4) is 0 Å². The number of anilines is 1. The third kappa shape index (κ3) is 4.18. The molecule has 1 N–H and O–H groups in total. The molecule has 4 heteroatoms. The van der Waals surface area contributed by atoms with Crippen LogP contribution in [0.15, 0.2) is 18.5 Å². The Kier molecular flexibility index (Phi) is 5.16. The molecule has 19 heavy (non-hydrogen) atoms. The first-order valence-electron chi connectivity index (χ1n) is 7.16. The van der Waals surface area contributed by atoms with Gasteiger partial charge < -0.3 is 15.0 Å².